The van der Waals surface area contributed by atoms with E-state index in [9.17, 15) is 0 Å². The second-order valence-corrected chi connectivity index (χ2v) is 7.07. The normalized spacial score (nSPS) is 11.5. The quantitative estimate of drug-likeness (QED) is 0.344. The molecule has 2 aromatic heterocycles. The largest absolute Gasteiger partial charge is 0.282 e. The Morgan fingerprint density at radius 1 is 0.750 bits per heavy atom. The van der Waals surface area contributed by atoms with Gasteiger partial charge in [0, 0.05) is 20.7 Å². The van der Waals surface area contributed by atoms with Gasteiger partial charge in [0.05, 0.1) is 0 Å². The van der Waals surface area contributed by atoms with Crippen LogP contribution in [0.15, 0.2) is 72.9 Å². The van der Waals surface area contributed by atoms with Crippen molar-refractivity contribution in [3.05, 3.63) is 76.5 Å². The molecule has 0 saturated heterocycles. The fraction of sp³-hybridized carbons (Fsp3) is 0. The number of rotatable bonds is 1. The second-order valence-electron chi connectivity index (χ2n) is 5.83. The van der Waals surface area contributed by atoms with Crippen LogP contribution >= 0.6 is 22.6 Å². The highest BCUT2D eigenvalue weighted by Crippen LogP contribution is 2.27. The minimum absolute atomic E-state index is 0.872. The van der Waals surface area contributed by atoms with Crippen LogP contribution in [0.25, 0.3) is 38.6 Å². The van der Waals surface area contributed by atoms with Crippen LogP contribution in [0.1, 0.15) is 0 Å². The maximum atomic E-state index is 4.46. The summed E-state index contributed by atoms with van der Waals surface area (Å²) in [7, 11) is 0. The molecule has 0 aliphatic rings. The Balaban J connectivity index is 1.78. The van der Waals surface area contributed by atoms with Gasteiger partial charge in [-0.3, -0.25) is 4.40 Å². The Bertz CT molecular complexity index is 1220. The number of benzene rings is 3. The van der Waals surface area contributed by atoms with Crippen molar-refractivity contribution in [1.82, 2.24) is 14.6 Å². The predicted molar refractivity (Wildman–Crippen MR) is 106 cm³/mol. The third-order valence-corrected chi connectivity index (χ3v) is 5.03. The molecule has 0 N–H and O–H groups in total. The lowest BCUT2D eigenvalue weighted by atomic mass is 10.1. The summed E-state index contributed by atoms with van der Waals surface area (Å²) in [6.45, 7) is 0. The number of halogens is 1. The lowest BCUT2D eigenvalue weighted by Crippen LogP contribution is -1.90. The molecule has 0 bridgehead atoms. The van der Waals surface area contributed by atoms with Crippen molar-refractivity contribution in [2.45, 2.75) is 0 Å². The first-order valence-corrected chi connectivity index (χ1v) is 8.80. The van der Waals surface area contributed by atoms with Crippen LogP contribution in [-0.2, 0) is 0 Å². The van der Waals surface area contributed by atoms with E-state index in [1.165, 1.54) is 19.7 Å². The summed E-state index contributed by atoms with van der Waals surface area (Å²) in [4.78, 5) is 0. The zero-order valence-corrected chi connectivity index (χ0v) is 14.8. The number of nitrogens with zero attached hydrogens (tertiary/aromatic N) is 3. The van der Waals surface area contributed by atoms with E-state index in [4.69, 9.17) is 0 Å². The van der Waals surface area contributed by atoms with Crippen molar-refractivity contribution in [1.29, 1.82) is 0 Å². The van der Waals surface area contributed by atoms with E-state index >= 15 is 0 Å². The van der Waals surface area contributed by atoms with Crippen LogP contribution in [0, 0.1) is 3.57 Å². The van der Waals surface area contributed by atoms with Crippen LogP contribution in [-0.4, -0.2) is 14.6 Å². The second kappa shape index (κ2) is 5.27. The van der Waals surface area contributed by atoms with Gasteiger partial charge in [-0.1, -0.05) is 42.5 Å². The molecule has 0 saturated carbocycles. The Morgan fingerprint density at radius 3 is 2.58 bits per heavy atom. The first-order chi connectivity index (χ1) is 11.8. The van der Waals surface area contributed by atoms with Gasteiger partial charge in [0.25, 0.3) is 0 Å². The molecule has 0 aliphatic carbocycles. The summed E-state index contributed by atoms with van der Waals surface area (Å²) in [5.41, 5.74) is 1.97. The van der Waals surface area contributed by atoms with Gasteiger partial charge in [-0.2, -0.15) is 0 Å². The van der Waals surface area contributed by atoms with Gasteiger partial charge >= 0.3 is 0 Å². The van der Waals surface area contributed by atoms with Gasteiger partial charge in [0.1, 0.15) is 0 Å². The van der Waals surface area contributed by atoms with Crippen LogP contribution < -0.4 is 0 Å². The molecule has 5 rings (SSSR count). The van der Waals surface area contributed by atoms with E-state index in [1.54, 1.807) is 0 Å². The Morgan fingerprint density at radius 2 is 1.62 bits per heavy atom. The number of pyridine rings is 1. The molecule has 0 unspecified atom stereocenters. The van der Waals surface area contributed by atoms with Crippen molar-refractivity contribution >= 4 is 49.8 Å². The molecule has 0 amide bonds. The van der Waals surface area contributed by atoms with Crippen LogP contribution in [0.5, 0.6) is 0 Å². The third-order valence-electron chi connectivity index (χ3n) is 4.36. The summed E-state index contributed by atoms with van der Waals surface area (Å²) in [5, 5.41) is 13.6. The molecule has 114 valence electrons. The van der Waals surface area contributed by atoms with Crippen LogP contribution in [0.2, 0.25) is 0 Å². The highest BCUT2D eigenvalue weighted by molar-refractivity contribution is 14.1. The first-order valence-electron chi connectivity index (χ1n) is 7.72. The van der Waals surface area contributed by atoms with Gasteiger partial charge in [0.15, 0.2) is 11.5 Å². The summed E-state index contributed by atoms with van der Waals surface area (Å²) in [6.07, 6.45) is 2.05. The average molecular weight is 421 g/mol. The minimum atomic E-state index is 0.872. The zero-order chi connectivity index (χ0) is 16.1. The lowest BCUT2D eigenvalue weighted by Gasteiger charge is -2.05. The fourth-order valence-electron chi connectivity index (χ4n) is 3.17. The Labute approximate surface area is 152 Å². The van der Waals surface area contributed by atoms with Crippen LogP contribution in [0.3, 0.4) is 0 Å². The fourth-order valence-corrected chi connectivity index (χ4v) is 3.69. The summed E-state index contributed by atoms with van der Waals surface area (Å²) < 4.78 is 3.30. The molecule has 0 radical (unpaired) electrons. The maximum Gasteiger partial charge on any atom is 0.168 e. The van der Waals surface area contributed by atoms with E-state index in [0.29, 0.717) is 0 Å². The van der Waals surface area contributed by atoms with Gasteiger partial charge < -0.3 is 0 Å². The standard InChI is InChI=1S/C20H12IN3/c21-17-8-7-13-5-6-15(11-16(13)12-17)19-22-23-20-18-4-2-1-3-14(18)9-10-24(19)20/h1-12H. The molecule has 0 fully saturated rings. The van der Waals surface area contributed by atoms with E-state index in [-0.39, 0.29) is 0 Å². The minimum Gasteiger partial charge on any atom is -0.282 e. The van der Waals surface area contributed by atoms with Crippen molar-refractivity contribution in [2.24, 2.45) is 0 Å². The smallest absolute Gasteiger partial charge is 0.168 e. The van der Waals surface area contributed by atoms with Gasteiger partial charge in [0.2, 0.25) is 0 Å². The molecule has 24 heavy (non-hydrogen) atoms. The number of hydrogen-bond donors (Lipinski definition) is 0. The molecule has 3 nitrogen and oxygen atoms in total. The highest BCUT2D eigenvalue weighted by atomic mass is 127. The topological polar surface area (TPSA) is 30.2 Å². The molecule has 0 spiro atoms. The molecular weight excluding hydrogens is 409 g/mol. The molecular formula is C20H12IN3. The third kappa shape index (κ3) is 2.10. The molecule has 5 aromatic rings. The van der Waals surface area contributed by atoms with Crippen molar-refractivity contribution < 1.29 is 0 Å². The van der Waals surface area contributed by atoms with Gasteiger partial charge in [-0.15, -0.1) is 10.2 Å². The Hall–Kier alpha value is -2.47. The molecule has 4 heteroatoms. The van der Waals surface area contributed by atoms with Crippen molar-refractivity contribution in [3.63, 3.8) is 0 Å². The van der Waals surface area contributed by atoms with Crippen molar-refractivity contribution in [3.8, 4) is 11.4 Å². The average Bonchev–Trinajstić information content (AvgIpc) is 3.05. The molecule has 0 atom stereocenters. The van der Waals surface area contributed by atoms with E-state index < -0.39 is 0 Å². The number of aromatic nitrogens is 3. The van der Waals surface area contributed by atoms with Gasteiger partial charge in [-0.05, 0) is 63.0 Å². The number of fused-ring (bicyclic) bond motifs is 4. The lowest BCUT2D eigenvalue weighted by molar-refractivity contribution is 1.11. The molecule has 0 aliphatic heterocycles. The van der Waals surface area contributed by atoms with E-state index in [0.717, 1.165) is 22.4 Å². The Kier molecular flexibility index (Phi) is 3.06. The molecule has 2 heterocycles. The maximum absolute atomic E-state index is 4.46. The van der Waals surface area contributed by atoms with E-state index in [2.05, 4.69) is 91.8 Å². The van der Waals surface area contributed by atoms with Gasteiger partial charge in [-0.25, -0.2) is 0 Å². The predicted octanol–water partition coefficient (Wildman–Crippen LogP) is 5.31. The monoisotopic (exact) mass is 421 g/mol. The van der Waals surface area contributed by atoms with Crippen molar-refractivity contribution in [2.75, 3.05) is 0 Å². The SMILES string of the molecule is Ic1ccc2ccc(-c3nnc4c5ccccc5ccn34)cc2c1. The van der Waals surface area contributed by atoms with Crippen LogP contribution in [0.4, 0.5) is 0 Å². The zero-order valence-electron chi connectivity index (χ0n) is 12.6. The summed E-state index contributed by atoms with van der Waals surface area (Å²) >= 11 is 2.34. The summed E-state index contributed by atoms with van der Waals surface area (Å²) in [6, 6.07) is 23.3. The highest BCUT2D eigenvalue weighted by Gasteiger charge is 2.11. The summed E-state index contributed by atoms with van der Waals surface area (Å²) in [5.74, 6) is 0.872. The van der Waals surface area contributed by atoms with E-state index in [1.807, 2.05) is 18.3 Å². The molecule has 3 aromatic carbocycles. The number of hydrogen-bond acceptors (Lipinski definition) is 2. The first kappa shape index (κ1) is 13.9.